The van der Waals surface area contributed by atoms with Crippen molar-refractivity contribution in [3.8, 4) is 45.8 Å². The number of aliphatic hydroxyl groups excluding tert-OH is 7. The molecule has 314 valence electrons. The Morgan fingerprint density at radius 1 is 0.754 bits per heavy atom. The van der Waals surface area contributed by atoms with Gasteiger partial charge in [0.05, 0.1) is 39.3 Å². The second-order valence-electron chi connectivity index (χ2n) is 13.5. The van der Waals surface area contributed by atoms with E-state index in [-0.39, 0.29) is 22.8 Å². The molecule has 1 aromatic heterocycles. The van der Waals surface area contributed by atoms with Crippen LogP contribution in [0.5, 0.6) is 34.5 Å². The predicted molar refractivity (Wildman–Crippen MR) is 184 cm³/mol. The minimum absolute atomic E-state index is 0.00372. The third-order valence-electron chi connectivity index (χ3n) is 9.14. The average molecular weight is 815 g/mol. The highest BCUT2D eigenvalue weighted by Gasteiger charge is 2.48. The van der Waals surface area contributed by atoms with Crippen LogP contribution < -0.4 is 19.6 Å². The normalized spacial score (nSPS) is 28.6. The zero-order valence-corrected chi connectivity index (χ0v) is 30.3. The summed E-state index contributed by atoms with van der Waals surface area (Å²) in [5.74, 6) is -5.76. The number of aromatic hydroxyl groups is 3. The first-order chi connectivity index (χ1) is 26.8. The van der Waals surface area contributed by atoms with Crippen LogP contribution in [-0.2, 0) is 28.5 Å². The highest BCUT2D eigenvalue weighted by Crippen LogP contribution is 2.44. The van der Waals surface area contributed by atoms with Crippen LogP contribution in [0.25, 0.3) is 22.3 Å². The highest BCUT2D eigenvalue weighted by atomic mass is 16.7. The molecule has 0 amide bonds. The van der Waals surface area contributed by atoms with E-state index in [9.17, 15) is 70.6 Å². The molecule has 3 heterocycles. The predicted octanol–water partition coefficient (Wildman–Crippen LogP) is -2.80. The molecule has 2 aliphatic rings. The summed E-state index contributed by atoms with van der Waals surface area (Å²) in [7, 11) is 2.38. The van der Waals surface area contributed by atoms with E-state index in [0.717, 1.165) is 20.1 Å². The molecule has 57 heavy (non-hydrogen) atoms. The van der Waals surface area contributed by atoms with Crippen molar-refractivity contribution in [2.75, 3.05) is 27.4 Å². The minimum atomic E-state index is -2.17. The summed E-state index contributed by atoms with van der Waals surface area (Å²) in [4.78, 5) is 39.3. The molecule has 22 heteroatoms. The van der Waals surface area contributed by atoms with Crippen molar-refractivity contribution in [1.29, 1.82) is 0 Å². The Morgan fingerprint density at radius 2 is 1.37 bits per heavy atom. The van der Waals surface area contributed by atoms with E-state index in [4.69, 9.17) is 37.6 Å². The average Bonchev–Trinajstić information content (AvgIpc) is 3.15. The van der Waals surface area contributed by atoms with E-state index in [0.29, 0.717) is 0 Å². The lowest BCUT2D eigenvalue weighted by atomic mass is 9.97. The number of phenols is 3. The maximum absolute atomic E-state index is 14.0. The topological polar surface area (TPSA) is 351 Å². The quantitative estimate of drug-likeness (QED) is 0.0776. The van der Waals surface area contributed by atoms with Gasteiger partial charge in [-0.25, -0.2) is 0 Å². The van der Waals surface area contributed by atoms with E-state index < -0.39 is 144 Å². The minimum Gasteiger partial charge on any atom is -0.507 e. The molecular formula is C35H42O22. The van der Waals surface area contributed by atoms with Gasteiger partial charge in [-0.15, -0.1) is 0 Å². The lowest BCUT2D eigenvalue weighted by molar-refractivity contribution is -0.293. The lowest BCUT2D eigenvalue weighted by Gasteiger charge is -2.40. The molecule has 2 saturated heterocycles. The number of phenolic OH excluding ortho intramolecular Hbond substituents is 3. The third kappa shape index (κ3) is 8.94. The van der Waals surface area contributed by atoms with E-state index >= 15 is 0 Å². The molecule has 22 nitrogen and oxygen atoms in total. The fourth-order valence-corrected chi connectivity index (χ4v) is 6.12. The van der Waals surface area contributed by atoms with Crippen molar-refractivity contribution in [3.05, 3.63) is 34.5 Å². The molecule has 5 rings (SSSR count). The SMILES string of the molecule is COc1cc(-c2oc3c(OC)c(O)cc(O)c3c(=O)c2O[C@@H]2O[C@H](COC(=O)CC(C)(O)CC(=O)O[C@H]3O[C@H](CO)[C@@H](O)[C@H](O)[C@H]3O)[C@@H](O)[C@H](O)[C@H]2O)ccc1O. The van der Waals surface area contributed by atoms with Gasteiger partial charge in [0.25, 0.3) is 0 Å². The van der Waals surface area contributed by atoms with E-state index in [1.165, 1.54) is 25.3 Å². The van der Waals surface area contributed by atoms with E-state index in [1.54, 1.807) is 0 Å². The first kappa shape index (κ1) is 43.1. The Hall–Kier alpha value is -5.01. The summed E-state index contributed by atoms with van der Waals surface area (Å²) in [5.41, 5.74) is -3.72. The van der Waals surface area contributed by atoms with Crippen molar-refractivity contribution < 1.29 is 103 Å². The number of rotatable bonds is 13. The maximum Gasteiger partial charge on any atom is 0.311 e. The largest absolute Gasteiger partial charge is 0.507 e. The Bertz CT molecular complexity index is 1990. The molecule has 0 saturated carbocycles. The molecule has 1 unspecified atom stereocenters. The fourth-order valence-electron chi connectivity index (χ4n) is 6.12. The molecular weight excluding hydrogens is 772 g/mol. The van der Waals surface area contributed by atoms with Crippen LogP contribution in [-0.4, -0.2) is 163 Å². The molecule has 3 aromatic rings. The van der Waals surface area contributed by atoms with Gasteiger partial charge >= 0.3 is 11.9 Å². The molecule has 2 aliphatic heterocycles. The maximum atomic E-state index is 14.0. The molecule has 2 fully saturated rings. The second kappa shape index (κ2) is 17.2. The number of methoxy groups -OCH3 is 2. The number of benzene rings is 2. The monoisotopic (exact) mass is 814 g/mol. The molecule has 0 aliphatic carbocycles. The first-order valence-electron chi connectivity index (χ1n) is 17.0. The summed E-state index contributed by atoms with van der Waals surface area (Å²) in [6.45, 7) is -0.614. The van der Waals surface area contributed by atoms with Crippen molar-refractivity contribution in [2.45, 2.75) is 86.8 Å². The van der Waals surface area contributed by atoms with Gasteiger partial charge in [0.1, 0.15) is 66.6 Å². The van der Waals surface area contributed by atoms with Gasteiger partial charge in [0.15, 0.2) is 28.6 Å². The molecule has 11 N–H and O–H groups in total. The second-order valence-corrected chi connectivity index (χ2v) is 13.5. The van der Waals surface area contributed by atoms with Crippen LogP contribution in [0.4, 0.5) is 0 Å². The number of carbonyl (C=O) groups is 2. The van der Waals surface area contributed by atoms with Gasteiger partial charge in [-0.1, -0.05) is 0 Å². The summed E-state index contributed by atoms with van der Waals surface area (Å²) >= 11 is 0. The van der Waals surface area contributed by atoms with Gasteiger partial charge in [0, 0.05) is 11.6 Å². The Balaban J connectivity index is 1.33. The number of ether oxygens (including phenoxy) is 7. The highest BCUT2D eigenvalue weighted by molar-refractivity contribution is 5.93. The van der Waals surface area contributed by atoms with E-state index in [1.807, 2.05) is 0 Å². The number of carbonyl (C=O) groups excluding carboxylic acids is 2. The smallest absolute Gasteiger partial charge is 0.311 e. The summed E-state index contributed by atoms with van der Waals surface area (Å²) in [6.07, 6.45) is -20.3. The van der Waals surface area contributed by atoms with Gasteiger partial charge in [0.2, 0.25) is 29.5 Å². The van der Waals surface area contributed by atoms with Crippen LogP contribution in [0, 0.1) is 0 Å². The number of fused-ring (bicyclic) bond motifs is 1. The van der Waals surface area contributed by atoms with E-state index in [2.05, 4.69) is 0 Å². The lowest BCUT2D eigenvalue weighted by Crippen LogP contribution is -2.60. The zero-order chi connectivity index (χ0) is 42.1. The number of hydrogen-bond acceptors (Lipinski definition) is 22. The molecule has 0 radical (unpaired) electrons. The molecule has 0 bridgehead atoms. The van der Waals surface area contributed by atoms with Crippen molar-refractivity contribution >= 4 is 22.9 Å². The van der Waals surface area contributed by atoms with Crippen molar-refractivity contribution in [3.63, 3.8) is 0 Å². The van der Waals surface area contributed by atoms with Gasteiger partial charge < -0.3 is 93.7 Å². The first-order valence-corrected chi connectivity index (χ1v) is 17.0. The summed E-state index contributed by atoms with van der Waals surface area (Å²) in [6, 6.07) is 4.47. The summed E-state index contributed by atoms with van der Waals surface area (Å²) < 4.78 is 42.7. The summed E-state index contributed by atoms with van der Waals surface area (Å²) in [5, 5.41) is 113. The Kier molecular flexibility index (Phi) is 13.0. The van der Waals surface area contributed by atoms with Crippen molar-refractivity contribution in [1.82, 2.24) is 0 Å². The molecule has 11 atom stereocenters. The fraction of sp³-hybridized carbons (Fsp3) is 0.514. The standard InChI is InChI=1S/C35H42O22/c1-35(49,9-20(41)55-33-27(47)25(45)22(42)17(10-36)53-33)8-19(40)52-11-18-23(43)26(46)28(48)34(54-18)57-32-24(44)21-14(38)7-15(39)30(51-3)31(21)56-29(32)12-4-5-13(37)16(6-12)50-2/h4-7,17-18,22-23,25-28,33-34,36-39,42-43,45-49H,8-11H2,1-3H3/t17-,18-,22-,23-,25+,26+,27-,28-,33-,34+,35?/m1/s1. The number of aliphatic hydroxyl groups is 8. The Labute approximate surface area is 320 Å². The van der Waals surface area contributed by atoms with Gasteiger partial charge in [-0.05, 0) is 25.1 Å². The van der Waals surface area contributed by atoms with Crippen molar-refractivity contribution in [2.24, 2.45) is 0 Å². The Morgan fingerprint density at radius 3 is 2.00 bits per heavy atom. The van der Waals surface area contributed by atoms with Gasteiger partial charge in [-0.2, -0.15) is 0 Å². The van der Waals surface area contributed by atoms with Gasteiger partial charge in [-0.3, -0.25) is 14.4 Å². The number of hydrogen-bond donors (Lipinski definition) is 11. The van der Waals surface area contributed by atoms with Crippen LogP contribution in [0.2, 0.25) is 0 Å². The third-order valence-corrected chi connectivity index (χ3v) is 9.14. The van der Waals surface area contributed by atoms with Crippen LogP contribution in [0.3, 0.4) is 0 Å². The number of esters is 2. The molecule has 0 spiro atoms. The molecule has 2 aromatic carbocycles. The zero-order valence-electron chi connectivity index (χ0n) is 30.3. The van der Waals surface area contributed by atoms with Crippen LogP contribution in [0.15, 0.2) is 33.5 Å². The van der Waals surface area contributed by atoms with Crippen LogP contribution >= 0.6 is 0 Å². The van der Waals surface area contributed by atoms with Crippen LogP contribution in [0.1, 0.15) is 19.8 Å².